The molecule has 0 bridgehead atoms. The summed E-state index contributed by atoms with van der Waals surface area (Å²) in [5.41, 5.74) is 15.2. The average Bonchev–Trinajstić information content (AvgIpc) is 4.01. The third-order valence-corrected chi connectivity index (χ3v) is 12.5. The van der Waals surface area contributed by atoms with E-state index in [0.29, 0.717) is 0 Å². The third kappa shape index (κ3) is 5.54. The van der Waals surface area contributed by atoms with Crippen LogP contribution in [-0.4, -0.2) is 0 Å². The first-order chi connectivity index (χ1) is 30.7. The first kappa shape index (κ1) is 34.5. The molecule has 0 radical (unpaired) electrons. The van der Waals surface area contributed by atoms with E-state index in [9.17, 15) is 0 Å². The topological polar surface area (TPSA) is 42.7 Å². The summed E-state index contributed by atoms with van der Waals surface area (Å²) < 4.78 is 19.0. The molecule has 0 spiro atoms. The van der Waals surface area contributed by atoms with Gasteiger partial charge in [-0.3, -0.25) is 0 Å². The molecule has 62 heavy (non-hydrogen) atoms. The Morgan fingerprint density at radius 3 is 1.31 bits per heavy atom. The molecule has 13 rings (SSSR count). The van der Waals surface area contributed by atoms with Crippen molar-refractivity contribution in [3.8, 4) is 33.4 Å². The van der Waals surface area contributed by atoms with Gasteiger partial charge in [0, 0.05) is 49.3 Å². The number of benzene rings is 10. The van der Waals surface area contributed by atoms with Crippen LogP contribution in [0.1, 0.15) is 0 Å². The second-order valence-corrected chi connectivity index (χ2v) is 16.1. The summed E-state index contributed by atoms with van der Waals surface area (Å²) >= 11 is 0. The van der Waals surface area contributed by atoms with Crippen molar-refractivity contribution in [1.29, 1.82) is 0 Å². The Morgan fingerprint density at radius 1 is 0.258 bits per heavy atom. The SMILES string of the molecule is c1ccc(N(c2ccc(-c3ccc4c(c3)oc3ccccc34)cc2)c2ccc(-c3ccc4c(c3)oc3ccccc34)cc2)c(-c2ccc3oc4cc5ccccc5cc4c3c2)c1. The monoisotopic (exact) mass is 793 g/mol. The van der Waals surface area contributed by atoms with Gasteiger partial charge < -0.3 is 18.2 Å². The highest BCUT2D eigenvalue weighted by Gasteiger charge is 2.20. The molecule has 3 aromatic heterocycles. The Bertz CT molecular complexity index is 3710. The summed E-state index contributed by atoms with van der Waals surface area (Å²) in [6, 6.07) is 75.2. The number of anilines is 3. The molecule has 290 valence electrons. The Kier molecular flexibility index (Phi) is 7.57. The van der Waals surface area contributed by atoms with Gasteiger partial charge >= 0.3 is 0 Å². The van der Waals surface area contributed by atoms with Crippen LogP contribution in [0.5, 0.6) is 0 Å². The van der Waals surface area contributed by atoms with Crippen LogP contribution in [0.3, 0.4) is 0 Å². The summed E-state index contributed by atoms with van der Waals surface area (Å²) in [5.74, 6) is 0. The molecule has 0 fully saturated rings. The van der Waals surface area contributed by atoms with E-state index >= 15 is 0 Å². The minimum atomic E-state index is 0.876. The molecule has 0 N–H and O–H groups in total. The van der Waals surface area contributed by atoms with Crippen molar-refractivity contribution in [1.82, 2.24) is 0 Å². The number of fused-ring (bicyclic) bond motifs is 10. The van der Waals surface area contributed by atoms with Gasteiger partial charge in [0.1, 0.15) is 33.5 Å². The average molecular weight is 794 g/mol. The van der Waals surface area contributed by atoms with Crippen LogP contribution >= 0.6 is 0 Å². The largest absolute Gasteiger partial charge is 0.456 e. The quantitative estimate of drug-likeness (QED) is 0.168. The molecule has 0 aliphatic carbocycles. The van der Waals surface area contributed by atoms with Crippen LogP contribution in [0.25, 0.3) is 110 Å². The molecule has 0 aliphatic heterocycles. The van der Waals surface area contributed by atoms with Crippen LogP contribution < -0.4 is 4.90 Å². The van der Waals surface area contributed by atoms with Crippen LogP contribution in [0.2, 0.25) is 0 Å². The highest BCUT2D eigenvalue weighted by molar-refractivity contribution is 6.12. The van der Waals surface area contributed by atoms with E-state index in [4.69, 9.17) is 13.3 Å². The molecular weight excluding hydrogens is 759 g/mol. The predicted molar refractivity (Wildman–Crippen MR) is 257 cm³/mol. The summed E-state index contributed by atoms with van der Waals surface area (Å²) in [7, 11) is 0. The number of nitrogens with zero attached hydrogens (tertiary/aromatic N) is 1. The number of furan rings is 3. The summed E-state index contributed by atoms with van der Waals surface area (Å²) in [6.07, 6.45) is 0. The standard InChI is InChI=1S/C58H35NO3/c1-2-10-39-33-58-51(31-38(39)9-1)50-32-42(23-30-55(50)62-58)45-11-3-6-14-52(45)59(43-24-17-36(18-25-43)40-21-28-48-46-12-4-7-15-53(46)60-56(48)34-40)44-26-19-37(20-27-44)41-22-29-49-47-13-5-8-16-54(47)61-57(49)35-41/h1-35H. The van der Waals surface area contributed by atoms with Gasteiger partial charge in [0.25, 0.3) is 0 Å². The zero-order valence-electron chi connectivity index (χ0n) is 33.4. The normalized spacial score (nSPS) is 11.9. The molecule has 3 heterocycles. The molecule has 4 nitrogen and oxygen atoms in total. The molecule has 0 amide bonds. The molecule has 13 aromatic rings. The van der Waals surface area contributed by atoms with Gasteiger partial charge in [-0.1, -0.05) is 121 Å². The van der Waals surface area contributed by atoms with Gasteiger partial charge in [0.05, 0.1) is 5.69 Å². The van der Waals surface area contributed by atoms with Crippen molar-refractivity contribution in [2.75, 3.05) is 4.90 Å². The molecule has 0 atom stereocenters. The zero-order valence-corrected chi connectivity index (χ0v) is 33.4. The molecule has 10 aromatic carbocycles. The fraction of sp³-hybridized carbons (Fsp3) is 0. The van der Waals surface area contributed by atoms with E-state index < -0.39 is 0 Å². The van der Waals surface area contributed by atoms with Gasteiger partial charge in [-0.25, -0.2) is 0 Å². The number of hydrogen-bond acceptors (Lipinski definition) is 4. The maximum atomic E-state index is 6.42. The molecular formula is C58H35NO3. The van der Waals surface area contributed by atoms with Gasteiger partial charge in [-0.05, 0) is 130 Å². The van der Waals surface area contributed by atoms with E-state index in [0.717, 1.165) is 116 Å². The minimum Gasteiger partial charge on any atom is -0.456 e. The fourth-order valence-corrected chi connectivity index (χ4v) is 9.39. The summed E-state index contributed by atoms with van der Waals surface area (Å²) in [5, 5.41) is 9.09. The molecule has 4 heteroatoms. The lowest BCUT2D eigenvalue weighted by atomic mass is 9.98. The minimum absolute atomic E-state index is 0.876. The van der Waals surface area contributed by atoms with Crippen LogP contribution in [-0.2, 0) is 0 Å². The predicted octanol–water partition coefficient (Wildman–Crippen LogP) is 17.0. The molecule has 0 aliphatic rings. The van der Waals surface area contributed by atoms with Crippen LogP contribution in [0.15, 0.2) is 226 Å². The van der Waals surface area contributed by atoms with Crippen molar-refractivity contribution >= 4 is 93.7 Å². The molecule has 0 saturated carbocycles. The van der Waals surface area contributed by atoms with E-state index in [1.807, 2.05) is 24.3 Å². The Balaban J connectivity index is 0.929. The van der Waals surface area contributed by atoms with Gasteiger partial charge in [0.15, 0.2) is 0 Å². The van der Waals surface area contributed by atoms with Crippen molar-refractivity contribution in [2.45, 2.75) is 0 Å². The highest BCUT2D eigenvalue weighted by atomic mass is 16.3. The van der Waals surface area contributed by atoms with Crippen LogP contribution in [0, 0.1) is 0 Å². The van der Waals surface area contributed by atoms with Crippen molar-refractivity contribution < 1.29 is 13.3 Å². The fourth-order valence-electron chi connectivity index (χ4n) is 9.39. The maximum absolute atomic E-state index is 6.42. The number of hydrogen-bond donors (Lipinski definition) is 0. The van der Waals surface area contributed by atoms with Gasteiger partial charge in [-0.2, -0.15) is 0 Å². The lowest BCUT2D eigenvalue weighted by Gasteiger charge is -2.28. The van der Waals surface area contributed by atoms with Crippen molar-refractivity contribution in [3.05, 3.63) is 212 Å². The molecule has 0 saturated heterocycles. The van der Waals surface area contributed by atoms with Crippen molar-refractivity contribution in [3.63, 3.8) is 0 Å². The summed E-state index contributed by atoms with van der Waals surface area (Å²) in [4.78, 5) is 2.36. The second-order valence-electron chi connectivity index (χ2n) is 16.1. The lowest BCUT2D eigenvalue weighted by Crippen LogP contribution is -2.11. The zero-order chi connectivity index (χ0) is 40.7. The van der Waals surface area contributed by atoms with E-state index in [1.165, 1.54) is 10.8 Å². The van der Waals surface area contributed by atoms with Crippen LogP contribution in [0.4, 0.5) is 17.1 Å². The number of rotatable bonds is 6. The summed E-state index contributed by atoms with van der Waals surface area (Å²) in [6.45, 7) is 0. The molecule has 0 unspecified atom stereocenters. The maximum Gasteiger partial charge on any atom is 0.136 e. The number of para-hydroxylation sites is 3. The Hall–Kier alpha value is -8.34. The van der Waals surface area contributed by atoms with E-state index in [2.05, 4.69) is 193 Å². The third-order valence-electron chi connectivity index (χ3n) is 12.5. The Morgan fingerprint density at radius 2 is 0.694 bits per heavy atom. The smallest absolute Gasteiger partial charge is 0.136 e. The Labute approximate surface area is 356 Å². The first-order valence-corrected chi connectivity index (χ1v) is 21.0. The van der Waals surface area contributed by atoms with E-state index in [1.54, 1.807) is 0 Å². The lowest BCUT2D eigenvalue weighted by molar-refractivity contribution is 0.668. The second kappa shape index (κ2) is 13.6. The highest BCUT2D eigenvalue weighted by Crippen LogP contribution is 2.44. The van der Waals surface area contributed by atoms with Gasteiger partial charge in [-0.15, -0.1) is 0 Å². The van der Waals surface area contributed by atoms with Gasteiger partial charge in [0.2, 0.25) is 0 Å². The van der Waals surface area contributed by atoms with Crippen molar-refractivity contribution in [2.24, 2.45) is 0 Å². The van der Waals surface area contributed by atoms with E-state index in [-0.39, 0.29) is 0 Å². The first-order valence-electron chi connectivity index (χ1n) is 21.0.